The Bertz CT molecular complexity index is 1960. The quantitative estimate of drug-likeness (QED) is 0.0261. The van der Waals surface area contributed by atoms with Crippen LogP contribution in [0.25, 0.3) is 21.5 Å². The topological polar surface area (TPSA) is 114 Å². The molecule has 0 saturated heterocycles. The van der Waals surface area contributed by atoms with E-state index in [9.17, 15) is 25.9 Å². The number of unbranched alkanes of at least 4 members (excludes halogenated alkanes) is 24. The number of rotatable bonds is 34. The predicted molar refractivity (Wildman–Crippen MR) is 276 cm³/mol. The fourth-order valence-corrected chi connectivity index (χ4v) is 10.5. The molecule has 0 aliphatic rings. The second-order valence-electron chi connectivity index (χ2n) is 18.7. The van der Waals surface area contributed by atoms with Gasteiger partial charge in [0.2, 0.25) is 0 Å². The summed E-state index contributed by atoms with van der Waals surface area (Å²) < 4.78 is 72.1. The molecule has 9 heteroatoms. The maximum Gasteiger partial charge on any atom is 2.00 e. The Balaban J connectivity index is 0.000000440. The third-order valence-electron chi connectivity index (χ3n) is 12.9. The second kappa shape index (κ2) is 34.4. The zero-order valence-corrected chi connectivity index (χ0v) is 46.7. The molecule has 0 aromatic heterocycles. The summed E-state index contributed by atoms with van der Waals surface area (Å²) in [6.07, 6.45) is 38.1. The van der Waals surface area contributed by atoms with Gasteiger partial charge in [-0.15, -0.1) is 0 Å². The average molecular weight is 1130 g/mol. The zero-order chi connectivity index (χ0) is 46.5. The van der Waals surface area contributed by atoms with E-state index in [1.54, 1.807) is 12.1 Å². The first-order valence-corrected chi connectivity index (χ1v) is 28.8. The van der Waals surface area contributed by atoms with E-state index < -0.39 is 20.2 Å². The van der Waals surface area contributed by atoms with Gasteiger partial charge in [-0.1, -0.05) is 218 Å². The Morgan fingerprint density at radius 1 is 0.323 bits per heavy atom. The molecule has 0 unspecified atom stereocenters. The Kier molecular flexibility index (Phi) is 31.4. The van der Waals surface area contributed by atoms with E-state index in [2.05, 4.69) is 52.0 Å². The second-order valence-corrected chi connectivity index (χ2v) is 21.4. The molecule has 4 rings (SSSR count). The van der Waals surface area contributed by atoms with Crippen LogP contribution in [0.1, 0.15) is 230 Å². The maximum atomic E-state index is 12.0. The SMILES string of the molecule is CCCCCCCCCc1cc(S(=O)(=O)[O-])c2cc(CCCCCCCCC)ccc2c1.CCCCCCCCCc1cc(S(=O)(=O)[O-])c2cc(CCCCCCCCC)ccc2c1.[Pb+2]. The van der Waals surface area contributed by atoms with Gasteiger partial charge in [0, 0.05) is 0 Å². The Labute approximate surface area is 418 Å². The van der Waals surface area contributed by atoms with Crippen LogP contribution >= 0.6 is 0 Å². The van der Waals surface area contributed by atoms with E-state index in [0.717, 1.165) is 97.2 Å². The molecule has 0 heterocycles. The number of hydrogen-bond acceptors (Lipinski definition) is 6. The van der Waals surface area contributed by atoms with E-state index >= 15 is 0 Å². The minimum absolute atomic E-state index is 0. The van der Waals surface area contributed by atoms with Gasteiger partial charge in [0.1, 0.15) is 20.2 Å². The van der Waals surface area contributed by atoms with Gasteiger partial charge in [-0.25, -0.2) is 16.8 Å². The van der Waals surface area contributed by atoms with E-state index in [1.165, 1.54) is 141 Å². The molecule has 362 valence electrons. The molecule has 0 aliphatic heterocycles. The standard InChI is InChI=1S/2C28H44O3S.Pb/c2*1-3-5-7-9-11-13-15-17-24-19-20-26-21-25(18-16-14-12-10-8-6-4-2)23-28(27(26)22-24)32(29,30)31;/h2*19-23H,3-18H2,1-2H3,(H,29,30,31);/q;;+2/p-2. The van der Waals surface area contributed by atoms with Gasteiger partial charge in [-0.05, 0) is 119 Å². The summed E-state index contributed by atoms with van der Waals surface area (Å²) in [5.74, 6) is 0. The third kappa shape index (κ3) is 24.3. The average Bonchev–Trinajstić information content (AvgIpc) is 3.27. The van der Waals surface area contributed by atoms with Crippen LogP contribution in [0.3, 0.4) is 0 Å². The minimum Gasteiger partial charge on any atom is -0.744 e. The van der Waals surface area contributed by atoms with Crippen LogP contribution in [0.4, 0.5) is 0 Å². The van der Waals surface area contributed by atoms with Crippen LogP contribution in [-0.4, -0.2) is 53.2 Å². The van der Waals surface area contributed by atoms with E-state index in [4.69, 9.17) is 0 Å². The first-order valence-electron chi connectivity index (χ1n) is 25.9. The Hall–Kier alpha value is -1.86. The van der Waals surface area contributed by atoms with Gasteiger partial charge in [0.25, 0.3) is 0 Å². The molecule has 0 aliphatic carbocycles. The third-order valence-corrected chi connectivity index (χ3v) is 14.6. The van der Waals surface area contributed by atoms with E-state index in [-0.39, 0.29) is 37.1 Å². The summed E-state index contributed by atoms with van der Waals surface area (Å²) in [6.45, 7) is 8.91. The Morgan fingerprint density at radius 2 is 0.569 bits per heavy atom. The van der Waals surface area contributed by atoms with Crippen LogP contribution in [0, 0.1) is 0 Å². The summed E-state index contributed by atoms with van der Waals surface area (Å²) in [6, 6.07) is 19.4. The first kappa shape index (κ1) is 59.3. The molecule has 65 heavy (non-hydrogen) atoms. The minimum atomic E-state index is -4.50. The van der Waals surface area contributed by atoms with Crippen molar-refractivity contribution in [3.05, 3.63) is 82.9 Å². The number of aryl methyl sites for hydroxylation is 4. The van der Waals surface area contributed by atoms with Crippen LogP contribution in [0.15, 0.2) is 70.5 Å². The predicted octanol–water partition coefficient (Wildman–Crippen LogP) is 16.3. The zero-order valence-electron chi connectivity index (χ0n) is 41.2. The molecule has 0 N–H and O–H groups in total. The van der Waals surface area contributed by atoms with Gasteiger partial charge in [-0.2, -0.15) is 0 Å². The van der Waals surface area contributed by atoms with E-state index in [1.807, 2.05) is 24.3 Å². The molecule has 0 saturated carbocycles. The smallest absolute Gasteiger partial charge is 0.744 e. The van der Waals surface area contributed by atoms with Crippen molar-refractivity contribution in [2.24, 2.45) is 0 Å². The molecule has 0 amide bonds. The first-order chi connectivity index (χ1) is 30.9. The summed E-state index contributed by atoms with van der Waals surface area (Å²) >= 11 is 0. The van der Waals surface area contributed by atoms with Gasteiger partial charge < -0.3 is 9.11 Å². The number of benzene rings is 4. The molecule has 6 nitrogen and oxygen atoms in total. The van der Waals surface area contributed by atoms with Crippen molar-refractivity contribution in [1.29, 1.82) is 0 Å². The Morgan fingerprint density at radius 3 is 0.831 bits per heavy atom. The molecule has 0 spiro atoms. The molecule has 4 aromatic carbocycles. The number of hydrogen-bond donors (Lipinski definition) is 0. The summed E-state index contributed by atoms with van der Waals surface area (Å²) in [4.78, 5) is -0.0938. The fraction of sp³-hybridized carbons (Fsp3) is 0.643. The van der Waals surface area contributed by atoms with Gasteiger partial charge >= 0.3 is 27.3 Å². The van der Waals surface area contributed by atoms with Crippen molar-refractivity contribution in [1.82, 2.24) is 0 Å². The van der Waals surface area contributed by atoms with Crippen LogP contribution in [0.5, 0.6) is 0 Å². The van der Waals surface area contributed by atoms with Crippen molar-refractivity contribution in [2.45, 2.75) is 243 Å². The van der Waals surface area contributed by atoms with Crippen LogP contribution in [0.2, 0.25) is 0 Å². The molecule has 0 fully saturated rings. The van der Waals surface area contributed by atoms with Gasteiger partial charge in [0.05, 0.1) is 9.79 Å². The maximum absolute atomic E-state index is 12.0. The molecular formula is C56H86O6PbS2. The van der Waals surface area contributed by atoms with Crippen LogP contribution in [-0.2, 0) is 45.9 Å². The van der Waals surface area contributed by atoms with Crippen molar-refractivity contribution >= 4 is 69.1 Å². The summed E-state index contributed by atoms with van der Waals surface area (Å²) in [5.41, 5.74) is 4.16. The van der Waals surface area contributed by atoms with Gasteiger partial charge in [-0.3, -0.25) is 0 Å². The molecule has 0 bridgehead atoms. The normalized spacial score (nSPS) is 11.8. The molecular weight excluding hydrogens is 1040 g/mol. The van der Waals surface area contributed by atoms with Crippen molar-refractivity contribution in [3.8, 4) is 0 Å². The van der Waals surface area contributed by atoms with Crippen LogP contribution < -0.4 is 0 Å². The van der Waals surface area contributed by atoms with E-state index in [0.29, 0.717) is 10.8 Å². The number of fused-ring (bicyclic) bond motifs is 2. The largest absolute Gasteiger partial charge is 2.00 e. The van der Waals surface area contributed by atoms with Crippen molar-refractivity contribution < 1.29 is 25.9 Å². The fourth-order valence-electron chi connectivity index (χ4n) is 9.02. The van der Waals surface area contributed by atoms with Gasteiger partial charge in [0.15, 0.2) is 0 Å². The monoisotopic (exact) mass is 1130 g/mol. The summed E-state index contributed by atoms with van der Waals surface area (Å²) in [7, 11) is -9.00. The van der Waals surface area contributed by atoms with Crippen molar-refractivity contribution in [3.63, 3.8) is 0 Å². The van der Waals surface area contributed by atoms with Crippen molar-refractivity contribution in [2.75, 3.05) is 0 Å². The molecule has 4 aromatic rings. The molecule has 0 atom stereocenters. The molecule has 2 radical (unpaired) electrons. The summed E-state index contributed by atoms with van der Waals surface area (Å²) in [5, 5.41) is 2.90.